The van der Waals surface area contributed by atoms with Crippen molar-refractivity contribution in [2.75, 3.05) is 11.9 Å². The number of anilines is 1. The van der Waals surface area contributed by atoms with Crippen LogP contribution in [0.2, 0.25) is 0 Å². The van der Waals surface area contributed by atoms with Crippen LogP contribution in [0.15, 0.2) is 30.5 Å². The summed E-state index contributed by atoms with van der Waals surface area (Å²) in [5.74, 6) is 0. The van der Waals surface area contributed by atoms with Gasteiger partial charge in [-0.25, -0.2) is 4.98 Å². The Balaban J connectivity index is 1.67. The Morgan fingerprint density at radius 1 is 1.32 bits per heavy atom. The van der Waals surface area contributed by atoms with Crippen molar-refractivity contribution in [3.8, 4) is 0 Å². The van der Waals surface area contributed by atoms with Crippen LogP contribution in [0.1, 0.15) is 11.3 Å². The van der Waals surface area contributed by atoms with Crippen molar-refractivity contribution in [2.45, 2.75) is 13.3 Å². The minimum atomic E-state index is 0.873. The highest BCUT2D eigenvalue weighted by molar-refractivity contribution is 7.22. The third-order valence-corrected chi connectivity index (χ3v) is 4.10. The lowest BCUT2D eigenvalue weighted by atomic mass is 10.2. The van der Waals surface area contributed by atoms with E-state index in [1.165, 1.54) is 16.0 Å². The number of hydrogen-bond donors (Lipinski definition) is 1. The van der Waals surface area contributed by atoms with Crippen molar-refractivity contribution in [3.63, 3.8) is 0 Å². The van der Waals surface area contributed by atoms with Crippen LogP contribution < -0.4 is 5.32 Å². The zero-order valence-electron chi connectivity index (χ0n) is 11.1. The van der Waals surface area contributed by atoms with E-state index in [0.717, 1.165) is 23.6 Å². The first-order valence-corrected chi connectivity index (χ1v) is 7.12. The molecule has 3 rings (SSSR count). The lowest BCUT2D eigenvalue weighted by Gasteiger charge is -2.02. The van der Waals surface area contributed by atoms with Crippen molar-refractivity contribution in [1.82, 2.24) is 14.8 Å². The molecule has 0 bridgehead atoms. The Morgan fingerprint density at radius 3 is 3.00 bits per heavy atom. The first-order chi connectivity index (χ1) is 9.22. The molecule has 0 atom stereocenters. The number of aryl methyl sites for hydroxylation is 2. The van der Waals surface area contributed by atoms with Gasteiger partial charge in [-0.1, -0.05) is 17.4 Å². The van der Waals surface area contributed by atoms with Crippen molar-refractivity contribution in [1.29, 1.82) is 0 Å². The predicted octanol–water partition coefficient (Wildman–Crippen LogP) is 2.99. The molecule has 2 heterocycles. The Bertz CT molecular complexity index is 698. The molecular formula is C14H16N4S. The number of aromatic nitrogens is 3. The number of thiazole rings is 1. The van der Waals surface area contributed by atoms with Gasteiger partial charge in [-0.3, -0.25) is 4.68 Å². The molecule has 3 aromatic rings. The number of nitrogens with zero attached hydrogens (tertiary/aromatic N) is 3. The van der Waals surface area contributed by atoms with E-state index in [-0.39, 0.29) is 0 Å². The van der Waals surface area contributed by atoms with Gasteiger partial charge in [0.25, 0.3) is 0 Å². The highest BCUT2D eigenvalue weighted by Gasteiger charge is 2.04. The van der Waals surface area contributed by atoms with Gasteiger partial charge in [-0.05, 0) is 30.7 Å². The van der Waals surface area contributed by atoms with Crippen molar-refractivity contribution in [3.05, 3.63) is 41.7 Å². The van der Waals surface area contributed by atoms with Crippen LogP contribution in [-0.4, -0.2) is 21.3 Å². The summed E-state index contributed by atoms with van der Waals surface area (Å²) in [7, 11) is 1.97. The van der Waals surface area contributed by atoms with Gasteiger partial charge in [-0.15, -0.1) is 0 Å². The van der Waals surface area contributed by atoms with Gasteiger partial charge < -0.3 is 5.32 Å². The molecule has 2 aromatic heterocycles. The Hall–Kier alpha value is -1.88. The molecule has 0 unspecified atom stereocenters. The maximum absolute atomic E-state index is 4.58. The molecule has 0 amide bonds. The van der Waals surface area contributed by atoms with E-state index in [1.54, 1.807) is 11.3 Å². The molecule has 5 heteroatoms. The predicted molar refractivity (Wildman–Crippen MR) is 79.8 cm³/mol. The molecule has 0 radical (unpaired) electrons. The summed E-state index contributed by atoms with van der Waals surface area (Å²) in [4.78, 5) is 4.58. The molecule has 0 saturated heterocycles. The van der Waals surface area contributed by atoms with Crippen molar-refractivity contribution in [2.24, 2.45) is 7.05 Å². The van der Waals surface area contributed by atoms with Crippen LogP contribution in [0, 0.1) is 6.92 Å². The molecule has 4 nitrogen and oxygen atoms in total. The molecule has 0 spiro atoms. The van der Waals surface area contributed by atoms with Crippen LogP contribution in [0.3, 0.4) is 0 Å². The SMILES string of the molecule is Cc1ccc2nc(NCCc3ccnn3C)sc2c1. The van der Waals surface area contributed by atoms with Gasteiger partial charge in [0.2, 0.25) is 0 Å². The highest BCUT2D eigenvalue weighted by Crippen LogP contribution is 2.26. The van der Waals surface area contributed by atoms with E-state index in [2.05, 4.69) is 40.5 Å². The number of fused-ring (bicyclic) bond motifs is 1. The smallest absolute Gasteiger partial charge is 0.183 e. The third kappa shape index (κ3) is 2.61. The summed E-state index contributed by atoms with van der Waals surface area (Å²) in [6.07, 6.45) is 2.78. The monoisotopic (exact) mass is 272 g/mol. The Kier molecular flexibility index (Phi) is 3.21. The van der Waals surface area contributed by atoms with Crippen molar-refractivity contribution >= 4 is 26.7 Å². The molecule has 1 N–H and O–H groups in total. The maximum Gasteiger partial charge on any atom is 0.183 e. The summed E-state index contributed by atoms with van der Waals surface area (Å²) in [6, 6.07) is 8.40. The summed E-state index contributed by atoms with van der Waals surface area (Å²) in [6.45, 7) is 2.98. The van der Waals surface area contributed by atoms with Gasteiger partial charge in [0.1, 0.15) is 0 Å². The number of hydrogen-bond acceptors (Lipinski definition) is 4. The van der Waals surface area contributed by atoms with Crippen LogP contribution in [-0.2, 0) is 13.5 Å². The molecule has 19 heavy (non-hydrogen) atoms. The summed E-state index contributed by atoms with van der Waals surface area (Å²) >= 11 is 1.71. The molecule has 0 aliphatic carbocycles. The first kappa shape index (κ1) is 12.2. The third-order valence-electron chi connectivity index (χ3n) is 3.12. The quantitative estimate of drug-likeness (QED) is 0.794. The number of nitrogens with one attached hydrogen (secondary N) is 1. The second-order valence-electron chi connectivity index (χ2n) is 4.61. The van der Waals surface area contributed by atoms with E-state index in [4.69, 9.17) is 0 Å². The fraction of sp³-hybridized carbons (Fsp3) is 0.286. The summed E-state index contributed by atoms with van der Waals surface area (Å²) < 4.78 is 3.15. The fourth-order valence-electron chi connectivity index (χ4n) is 2.05. The van der Waals surface area contributed by atoms with Crippen LogP contribution in [0.4, 0.5) is 5.13 Å². The summed E-state index contributed by atoms with van der Waals surface area (Å²) in [5, 5.41) is 8.54. The maximum atomic E-state index is 4.58. The minimum Gasteiger partial charge on any atom is -0.361 e. The number of rotatable bonds is 4. The molecule has 1 aromatic carbocycles. The van der Waals surface area contributed by atoms with Crippen molar-refractivity contribution < 1.29 is 0 Å². The second kappa shape index (κ2) is 5.01. The van der Waals surface area contributed by atoms with Crippen LogP contribution in [0.25, 0.3) is 10.2 Å². The first-order valence-electron chi connectivity index (χ1n) is 6.30. The van der Waals surface area contributed by atoms with Gasteiger partial charge in [0, 0.05) is 31.9 Å². The molecule has 98 valence electrons. The zero-order chi connectivity index (χ0) is 13.2. The zero-order valence-corrected chi connectivity index (χ0v) is 11.9. The molecule has 0 aliphatic heterocycles. The van der Waals surface area contributed by atoms with Gasteiger partial charge in [-0.2, -0.15) is 5.10 Å². The van der Waals surface area contributed by atoms with E-state index < -0.39 is 0 Å². The highest BCUT2D eigenvalue weighted by atomic mass is 32.1. The average Bonchev–Trinajstić information content (AvgIpc) is 2.95. The van der Waals surface area contributed by atoms with E-state index >= 15 is 0 Å². The van der Waals surface area contributed by atoms with E-state index in [0.29, 0.717) is 0 Å². The normalized spacial score (nSPS) is 11.1. The lowest BCUT2D eigenvalue weighted by molar-refractivity contribution is 0.711. The van der Waals surface area contributed by atoms with E-state index in [1.807, 2.05) is 24.0 Å². The van der Waals surface area contributed by atoms with Gasteiger partial charge in [0.05, 0.1) is 10.2 Å². The Morgan fingerprint density at radius 2 is 2.21 bits per heavy atom. The molecule has 0 fully saturated rings. The summed E-state index contributed by atoms with van der Waals surface area (Å²) in [5.41, 5.74) is 3.57. The largest absolute Gasteiger partial charge is 0.361 e. The lowest BCUT2D eigenvalue weighted by Crippen LogP contribution is -2.07. The van der Waals surface area contributed by atoms with Crippen LogP contribution in [0.5, 0.6) is 0 Å². The Labute approximate surface area is 116 Å². The van der Waals surface area contributed by atoms with Gasteiger partial charge in [0.15, 0.2) is 5.13 Å². The average molecular weight is 272 g/mol. The minimum absolute atomic E-state index is 0.873. The fourth-order valence-corrected chi connectivity index (χ4v) is 3.04. The van der Waals surface area contributed by atoms with Crippen LogP contribution >= 0.6 is 11.3 Å². The van der Waals surface area contributed by atoms with Gasteiger partial charge >= 0.3 is 0 Å². The van der Waals surface area contributed by atoms with E-state index in [9.17, 15) is 0 Å². The second-order valence-corrected chi connectivity index (χ2v) is 5.64. The number of benzene rings is 1. The molecule has 0 saturated carbocycles. The molecule has 0 aliphatic rings. The standard InChI is InChI=1S/C14H16N4S/c1-10-3-4-12-13(9-10)19-14(17-12)15-7-5-11-6-8-16-18(11)2/h3-4,6,8-9H,5,7H2,1-2H3,(H,15,17). The molecular weight excluding hydrogens is 256 g/mol. The topological polar surface area (TPSA) is 42.7 Å².